The van der Waals surface area contributed by atoms with Gasteiger partial charge in [-0.2, -0.15) is 4.31 Å². The quantitative estimate of drug-likeness (QED) is 0.844. The maximum Gasteiger partial charge on any atom is 0.243 e. The van der Waals surface area contributed by atoms with E-state index in [1.165, 1.54) is 30.7 Å². The first kappa shape index (κ1) is 17.1. The molecular formula is C15H23NO5S. The van der Waals surface area contributed by atoms with Gasteiger partial charge in [-0.25, -0.2) is 8.42 Å². The SMILES string of the molecule is COc1ccc(S(=O)(=O)N2CC(C)OC(C)(C)C2)cc1OC. The second-order valence-corrected chi connectivity index (χ2v) is 7.94. The second-order valence-electron chi connectivity index (χ2n) is 6.00. The van der Waals surface area contributed by atoms with Gasteiger partial charge in [-0.3, -0.25) is 0 Å². The summed E-state index contributed by atoms with van der Waals surface area (Å²) in [5, 5.41) is 0. The van der Waals surface area contributed by atoms with Crippen molar-refractivity contribution in [1.29, 1.82) is 0 Å². The molecule has 0 saturated carbocycles. The first-order chi connectivity index (χ1) is 10.2. The molecule has 1 aromatic carbocycles. The van der Waals surface area contributed by atoms with Gasteiger partial charge in [0.05, 0.1) is 30.8 Å². The lowest BCUT2D eigenvalue weighted by molar-refractivity contribution is -0.109. The van der Waals surface area contributed by atoms with Crippen LogP contribution in [0.15, 0.2) is 23.1 Å². The van der Waals surface area contributed by atoms with Gasteiger partial charge in [-0.15, -0.1) is 0 Å². The smallest absolute Gasteiger partial charge is 0.243 e. The number of sulfonamides is 1. The van der Waals surface area contributed by atoms with E-state index in [0.29, 0.717) is 24.6 Å². The fourth-order valence-corrected chi connectivity index (χ4v) is 4.39. The molecule has 1 unspecified atom stereocenters. The van der Waals surface area contributed by atoms with Gasteiger partial charge in [-0.1, -0.05) is 0 Å². The van der Waals surface area contributed by atoms with Gasteiger partial charge in [0.25, 0.3) is 0 Å². The first-order valence-corrected chi connectivity index (χ1v) is 8.53. The number of morpholine rings is 1. The van der Waals surface area contributed by atoms with Gasteiger partial charge in [0.1, 0.15) is 0 Å². The minimum atomic E-state index is -3.61. The molecule has 1 saturated heterocycles. The van der Waals surface area contributed by atoms with Crippen molar-refractivity contribution in [1.82, 2.24) is 4.31 Å². The molecule has 1 atom stereocenters. The number of rotatable bonds is 4. The summed E-state index contributed by atoms with van der Waals surface area (Å²) < 4.78 is 43.3. The predicted octanol–water partition coefficient (Wildman–Crippen LogP) is 1.89. The molecule has 7 heteroatoms. The van der Waals surface area contributed by atoms with Gasteiger partial charge >= 0.3 is 0 Å². The summed E-state index contributed by atoms with van der Waals surface area (Å²) in [6.07, 6.45) is -0.154. The third kappa shape index (κ3) is 3.37. The maximum atomic E-state index is 12.9. The number of benzene rings is 1. The molecular weight excluding hydrogens is 306 g/mol. The van der Waals surface area contributed by atoms with Crippen LogP contribution in [-0.2, 0) is 14.8 Å². The third-order valence-electron chi connectivity index (χ3n) is 3.53. The van der Waals surface area contributed by atoms with Crippen molar-refractivity contribution in [3.05, 3.63) is 18.2 Å². The van der Waals surface area contributed by atoms with Gasteiger partial charge < -0.3 is 14.2 Å². The molecule has 0 bridgehead atoms. The molecule has 1 fully saturated rings. The molecule has 0 radical (unpaired) electrons. The number of hydrogen-bond acceptors (Lipinski definition) is 5. The van der Waals surface area contributed by atoms with E-state index in [-0.39, 0.29) is 11.0 Å². The Morgan fingerprint density at radius 2 is 1.86 bits per heavy atom. The van der Waals surface area contributed by atoms with E-state index >= 15 is 0 Å². The van der Waals surface area contributed by atoms with Gasteiger partial charge in [-0.05, 0) is 32.9 Å². The number of nitrogens with zero attached hydrogens (tertiary/aromatic N) is 1. The minimum Gasteiger partial charge on any atom is -0.493 e. The van der Waals surface area contributed by atoms with Gasteiger partial charge in [0.15, 0.2) is 11.5 Å². The number of hydrogen-bond donors (Lipinski definition) is 0. The molecule has 0 N–H and O–H groups in total. The largest absolute Gasteiger partial charge is 0.493 e. The lowest BCUT2D eigenvalue weighted by Crippen LogP contribution is -2.53. The zero-order chi connectivity index (χ0) is 16.5. The summed E-state index contributed by atoms with van der Waals surface area (Å²) in [6.45, 7) is 6.30. The van der Waals surface area contributed by atoms with Crippen LogP contribution in [0, 0.1) is 0 Å². The first-order valence-electron chi connectivity index (χ1n) is 7.09. The summed E-state index contributed by atoms with van der Waals surface area (Å²) in [5.74, 6) is 0.890. The topological polar surface area (TPSA) is 65.1 Å². The molecule has 0 aliphatic carbocycles. The summed E-state index contributed by atoms with van der Waals surface area (Å²) in [5.41, 5.74) is -0.513. The average Bonchev–Trinajstić information content (AvgIpc) is 2.44. The molecule has 0 amide bonds. The van der Waals surface area contributed by atoms with Crippen LogP contribution in [0.1, 0.15) is 20.8 Å². The molecule has 2 rings (SSSR count). The molecule has 1 aliphatic rings. The molecule has 1 aliphatic heterocycles. The van der Waals surface area contributed by atoms with E-state index in [0.717, 1.165) is 0 Å². The highest BCUT2D eigenvalue weighted by molar-refractivity contribution is 7.89. The Hall–Kier alpha value is -1.31. The summed E-state index contributed by atoms with van der Waals surface area (Å²) >= 11 is 0. The Morgan fingerprint density at radius 3 is 2.41 bits per heavy atom. The van der Waals surface area contributed by atoms with Crippen molar-refractivity contribution in [3.8, 4) is 11.5 Å². The Balaban J connectivity index is 2.38. The van der Waals surface area contributed by atoms with Crippen LogP contribution in [0.2, 0.25) is 0 Å². The highest BCUT2D eigenvalue weighted by Gasteiger charge is 2.38. The van der Waals surface area contributed by atoms with E-state index < -0.39 is 15.6 Å². The number of ether oxygens (including phenoxy) is 3. The third-order valence-corrected chi connectivity index (χ3v) is 5.34. The van der Waals surface area contributed by atoms with Crippen molar-refractivity contribution in [2.45, 2.75) is 37.4 Å². The Labute approximate surface area is 132 Å². The Bertz CT molecular complexity index is 641. The summed E-state index contributed by atoms with van der Waals surface area (Å²) in [6, 6.07) is 4.62. The van der Waals surface area contributed by atoms with Crippen LogP contribution in [-0.4, -0.2) is 51.7 Å². The van der Waals surface area contributed by atoms with E-state index in [4.69, 9.17) is 14.2 Å². The van der Waals surface area contributed by atoms with Gasteiger partial charge in [0, 0.05) is 19.2 Å². The van der Waals surface area contributed by atoms with Crippen LogP contribution < -0.4 is 9.47 Å². The van der Waals surface area contributed by atoms with Crippen molar-refractivity contribution < 1.29 is 22.6 Å². The second kappa shape index (κ2) is 6.06. The fraction of sp³-hybridized carbons (Fsp3) is 0.600. The molecule has 0 aromatic heterocycles. The Morgan fingerprint density at radius 1 is 1.23 bits per heavy atom. The lowest BCUT2D eigenvalue weighted by atomic mass is 10.1. The van der Waals surface area contributed by atoms with Gasteiger partial charge in [0.2, 0.25) is 10.0 Å². The van der Waals surface area contributed by atoms with Crippen LogP contribution >= 0.6 is 0 Å². The monoisotopic (exact) mass is 329 g/mol. The zero-order valence-electron chi connectivity index (χ0n) is 13.6. The Kier molecular flexibility index (Phi) is 4.70. The summed E-state index contributed by atoms with van der Waals surface area (Å²) in [4.78, 5) is 0.190. The van der Waals surface area contributed by atoms with Crippen LogP contribution in [0.25, 0.3) is 0 Å². The highest BCUT2D eigenvalue weighted by Crippen LogP contribution is 2.32. The molecule has 6 nitrogen and oxygen atoms in total. The van der Waals surface area contributed by atoms with E-state index in [2.05, 4.69) is 0 Å². The lowest BCUT2D eigenvalue weighted by Gasteiger charge is -2.40. The van der Waals surface area contributed by atoms with E-state index in [1.807, 2.05) is 20.8 Å². The standard InChI is InChI=1S/C15H23NO5S/c1-11-9-16(10-15(2,3)21-11)22(17,18)12-6-7-13(19-4)14(8-12)20-5/h6-8,11H,9-10H2,1-5H3. The average molecular weight is 329 g/mol. The maximum absolute atomic E-state index is 12.9. The van der Waals surface area contributed by atoms with Crippen molar-refractivity contribution in [3.63, 3.8) is 0 Å². The van der Waals surface area contributed by atoms with Crippen molar-refractivity contribution in [2.75, 3.05) is 27.3 Å². The highest BCUT2D eigenvalue weighted by atomic mass is 32.2. The molecule has 1 heterocycles. The fourth-order valence-electron chi connectivity index (χ4n) is 2.70. The predicted molar refractivity (Wildman–Crippen MR) is 82.9 cm³/mol. The zero-order valence-corrected chi connectivity index (χ0v) is 14.4. The molecule has 1 aromatic rings. The number of methoxy groups -OCH3 is 2. The van der Waals surface area contributed by atoms with Crippen LogP contribution in [0.3, 0.4) is 0 Å². The minimum absolute atomic E-state index is 0.154. The van der Waals surface area contributed by atoms with Crippen molar-refractivity contribution >= 4 is 10.0 Å². The van der Waals surface area contributed by atoms with E-state index in [9.17, 15) is 8.42 Å². The summed E-state index contributed by atoms with van der Waals surface area (Å²) in [7, 11) is -0.613. The molecule has 124 valence electrons. The normalized spacial score (nSPS) is 22.3. The van der Waals surface area contributed by atoms with E-state index in [1.54, 1.807) is 6.07 Å². The molecule has 0 spiro atoms. The molecule has 22 heavy (non-hydrogen) atoms. The van der Waals surface area contributed by atoms with Crippen LogP contribution in [0.5, 0.6) is 11.5 Å². The van der Waals surface area contributed by atoms with Crippen molar-refractivity contribution in [2.24, 2.45) is 0 Å². The van der Waals surface area contributed by atoms with Crippen LogP contribution in [0.4, 0.5) is 0 Å².